The minimum absolute atomic E-state index is 0.104. The number of hydrogen-bond acceptors (Lipinski definition) is 5. The lowest BCUT2D eigenvalue weighted by atomic mass is 10.2. The van der Waals surface area contributed by atoms with Crippen LogP contribution in [0.1, 0.15) is 13.3 Å². The van der Waals surface area contributed by atoms with Crippen molar-refractivity contribution >= 4 is 40.9 Å². The lowest BCUT2D eigenvalue weighted by Gasteiger charge is -2.14. The number of hydrazone groups is 1. The fourth-order valence-electron chi connectivity index (χ4n) is 0.893. The van der Waals surface area contributed by atoms with Gasteiger partial charge in [-0.3, -0.25) is 10.9 Å². The standard InChI is InChI=1S/C8H18N6OS2/c1-2-15-4-3-6(12-14-8(10)17)5-11-13-7(9)16/h5-6,12H,2-4H2,1H3,(H3,9,13,16)(H3,10,14,17)/b11-5+. The van der Waals surface area contributed by atoms with Crippen LogP contribution >= 0.6 is 24.4 Å². The first-order valence-electron chi connectivity index (χ1n) is 5.03. The van der Waals surface area contributed by atoms with Crippen LogP contribution in [-0.4, -0.2) is 35.7 Å². The molecule has 1 unspecified atom stereocenters. The predicted molar refractivity (Wildman–Crippen MR) is 76.4 cm³/mol. The van der Waals surface area contributed by atoms with E-state index in [0.29, 0.717) is 19.6 Å². The Morgan fingerprint density at radius 3 is 2.65 bits per heavy atom. The summed E-state index contributed by atoms with van der Waals surface area (Å²) in [4.78, 5) is 0. The molecule has 1 atom stereocenters. The second-order valence-corrected chi connectivity index (χ2v) is 3.86. The van der Waals surface area contributed by atoms with E-state index in [4.69, 9.17) is 16.2 Å². The second-order valence-electron chi connectivity index (χ2n) is 2.98. The molecule has 0 aromatic rings. The Bertz CT molecular complexity index is 273. The van der Waals surface area contributed by atoms with E-state index in [1.165, 1.54) is 0 Å². The van der Waals surface area contributed by atoms with Crippen LogP contribution in [0.4, 0.5) is 0 Å². The maximum atomic E-state index is 5.30. The smallest absolute Gasteiger partial charge is 0.184 e. The number of hydrazine groups is 1. The lowest BCUT2D eigenvalue weighted by Crippen LogP contribution is -2.48. The van der Waals surface area contributed by atoms with Gasteiger partial charge in [-0.05, 0) is 37.8 Å². The van der Waals surface area contributed by atoms with Gasteiger partial charge in [0.05, 0.1) is 6.04 Å². The molecule has 0 fully saturated rings. The Hall–Kier alpha value is -1.03. The zero-order valence-corrected chi connectivity index (χ0v) is 11.2. The Kier molecular flexibility index (Phi) is 9.53. The molecule has 7 nitrogen and oxygen atoms in total. The van der Waals surface area contributed by atoms with Gasteiger partial charge in [-0.1, -0.05) is 0 Å². The van der Waals surface area contributed by atoms with Crippen LogP contribution in [-0.2, 0) is 4.74 Å². The third kappa shape index (κ3) is 11.2. The third-order valence-corrected chi connectivity index (χ3v) is 1.78. The van der Waals surface area contributed by atoms with Gasteiger partial charge in [0.1, 0.15) is 0 Å². The van der Waals surface area contributed by atoms with E-state index in [1.54, 1.807) is 6.21 Å². The van der Waals surface area contributed by atoms with E-state index >= 15 is 0 Å². The number of rotatable bonds is 8. The van der Waals surface area contributed by atoms with Crippen molar-refractivity contribution in [2.75, 3.05) is 13.2 Å². The molecular formula is C8H18N6OS2. The molecule has 0 aliphatic carbocycles. The Labute approximate surface area is 111 Å². The van der Waals surface area contributed by atoms with E-state index in [2.05, 4.69) is 45.8 Å². The van der Waals surface area contributed by atoms with Crippen molar-refractivity contribution < 1.29 is 4.74 Å². The van der Waals surface area contributed by atoms with Gasteiger partial charge in [-0.25, -0.2) is 5.43 Å². The molecule has 0 aromatic heterocycles. The van der Waals surface area contributed by atoms with Crippen molar-refractivity contribution in [3.63, 3.8) is 0 Å². The lowest BCUT2D eigenvalue weighted by molar-refractivity contribution is 0.141. The van der Waals surface area contributed by atoms with Crippen LogP contribution in [0.5, 0.6) is 0 Å². The summed E-state index contributed by atoms with van der Waals surface area (Å²) < 4.78 is 5.23. The molecule has 0 aliphatic heterocycles. The minimum atomic E-state index is -0.107. The van der Waals surface area contributed by atoms with Gasteiger partial charge >= 0.3 is 0 Å². The molecule has 0 heterocycles. The quantitative estimate of drug-likeness (QED) is 0.165. The Morgan fingerprint density at radius 1 is 1.41 bits per heavy atom. The van der Waals surface area contributed by atoms with E-state index in [9.17, 15) is 0 Å². The highest BCUT2D eigenvalue weighted by molar-refractivity contribution is 7.80. The van der Waals surface area contributed by atoms with Crippen molar-refractivity contribution in [1.82, 2.24) is 16.3 Å². The van der Waals surface area contributed by atoms with Gasteiger partial charge in [0.2, 0.25) is 0 Å². The molecular weight excluding hydrogens is 260 g/mol. The van der Waals surface area contributed by atoms with Crippen molar-refractivity contribution in [3.05, 3.63) is 0 Å². The van der Waals surface area contributed by atoms with Gasteiger partial charge < -0.3 is 16.2 Å². The molecule has 0 aliphatic rings. The normalized spacial score (nSPS) is 12.3. The molecule has 0 aromatic carbocycles. The molecule has 0 spiro atoms. The monoisotopic (exact) mass is 278 g/mol. The van der Waals surface area contributed by atoms with Gasteiger partial charge in [0.15, 0.2) is 10.2 Å². The third-order valence-electron chi connectivity index (χ3n) is 1.59. The zero-order chi connectivity index (χ0) is 13.1. The average molecular weight is 278 g/mol. The van der Waals surface area contributed by atoms with Crippen LogP contribution in [0.15, 0.2) is 5.10 Å². The summed E-state index contributed by atoms with van der Waals surface area (Å²) in [6.45, 7) is 3.18. The molecule has 0 bridgehead atoms. The van der Waals surface area contributed by atoms with Crippen LogP contribution in [0, 0.1) is 0 Å². The fourth-order valence-corrected chi connectivity index (χ4v) is 1.00. The summed E-state index contributed by atoms with van der Waals surface area (Å²) in [5.74, 6) is 0. The highest BCUT2D eigenvalue weighted by Gasteiger charge is 2.04. The van der Waals surface area contributed by atoms with Gasteiger partial charge in [0, 0.05) is 19.4 Å². The molecule has 7 N–H and O–H groups in total. The summed E-state index contributed by atoms with van der Waals surface area (Å²) >= 11 is 9.29. The summed E-state index contributed by atoms with van der Waals surface area (Å²) in [5, 5.41) is 4.10. The number of nitrogens with two attached hydrogens (primary N) is 2. The second kappa shape index (κ2) is 10.1. The van der Waals surface area contributed by atoms with Gasteiger partial charge in [-0.15, -0.1) is 0 Å². The van der Waals surface area contributed by atoms with Crippen molar-refractivity contribution in [3.8, 4) is 0 Å². The topological polar surface area (TPSA) is 110 Å². The number of ether oxygens (including phenoxy) is 1. The maximum absolute atomic E-state index is 5.30. The first kappa shape index (κ1) is 16.0. The molecule has 0 radical (unpaired) electrons. The van der Waals surface area contributed by atoms with E-state index in [1.807, 2.05) is 6.92 Å². The van der Waals surface area contributed by atoms with Crippen LogP contribution in [0.3, 0.4) is 0 Å². The molecule has 0 rings (SSSR count). The van der Waals surface area contributed by atoms with Crippen molar-refractivity contribution in [1.29, 1.82) is 0 Å². The first-order chi connectivity index (χ1) is 8.06. The van der Waals surface area contributed by atoms with E-state index in [0.717, 1.165) is 0 Å². The highest BCUT2D eigenvalue weighted by atomic mass is 32.1. The fraction of sp³-hybridized carbons (Fsp3) is 0.625. The Morgan fingerprint density at radius 2 is 2.12 bits per heavy atom. The summed E-state index contributed by atoms with van der Waals surface area (Å²) in [6, 6.07) is -0.107. The largest absolute Gasteiger partial charge is 0.382 e. The van der Waals surface area contributed by atoms with Gasteiger partial charge in [0.25, 0.3) is 0 Å². The van der Waals surface area contributed by atoms with Crippen LogP contribution in [0.25, 0.3) is 0 Å². The average Bonchev–Trinajstić information content (AvgIpc) is 2.24. The number of thiocarbonyl (C=S) groups is 2. The Balaban J connectivity index is 4.04. The van der Waals surface area contributed by atoms with E-state index < -0.39 is 0 Å². The number of hydrogen-bond donors (Lipinski definition) is 5. The number of nitrogens with one attached hydrogen (secondary N) is 3. The van der Waals surface area contributed by atoms with Crippen molar-refractivity contribution in [2.24, 2.45) is 16.6 Å². The highest BCUT2D eigenvalue weighted by Crippen LogP contribution is 1.89. The summed E-state index contributed by atoms with van der Waals surface area (Å²) in [5.41, 5.74) is 18.5. The molecule has 0 saturated carbocycles. The minimum Gasteiger partial charge on any atom is -0.382 e. The van der Waals surface area contributed by atoms with Crippen LogP contribution in [0.2, 0.25) is 0 Å². The van der Waals surface area contributed by atoms with Gasteiger partial charge in [-0.2, -0.15) is 5.10 Å². The maximum Gasteiger partial charge on any atom is 0.184 e. The first-order valence-corrected chi connectivity index (χ1v) is 5.85. The molecule has 0 saturated heterocycles. The molecule has 9 heteroatoms. The summed E-state index contributed by atoms with van der Waals surface area (Å²) in [6.07, 6.45) is 2.30. The van der Waals surface area contributed by atoms with E-state index in [-0.39, 0.29) is 16.3 Å². The molecule has 98 valence electrons. The number of nitrogens with zero attached hydrogens (tertiary/aromatic N) is 1. The summed E-state index contributed by atoms with van der Waals surface area (Å²) in [7, 11) is 0. The predicted octanol–water partition coefficient (Wildman–Crippen LogP) is -1.06. The zero-order valence-electron chi connectivity index (χ0n) is 9.60. The SMILES string of the molecule is CCOCCC(/C=N/NC(N)=S)NNC(N)=S. The molecule has 0 amide bonds. The van der Waals surface area contributed by atoms with Crippen LogP contribution < -0.4 is 27.7 Å². The van der Waals surface area contributed by atoms with Crippen molar-refractivity contribution in [2.45, 2.75) is 19.4 Å². The molecule has 17 heavy (non-hydrogen) atoms.